The number of rotatable bonds is 4. The Labute approximate surface area is 135 Å². The molecule has 3 aromatic rings. The molecule has 1 aromatic heterocycles. The molecule has 4 rings (SSSR count). The van der Waals surface area contributed by atoms with Crippen molar-refractivity contribution in [1.29, 1.82) is 0 Å². The summed E-state index contributed by atoms with van der Waals surface area (Å²) in [5, 5.41) is 0. The van der Waals surface area contributed by atoms with Crippen LogP contribution >= 0.6 is 0 Å². The van der Waals surface area contributed by atoms with Gasteiger partial charge in [0.2, 0.25) is 0 Å². The molecule has 0 N–H and O–H groups in total. The van der Waals surface area contributed by atoms with Crippen LogP contribution in [0.3, 0.4) is 0 Å². The van der Waals surface area contributed by atoms with Crippen LogP contribution in [0.25, 0.3) is 0 Å². The molecule has 1 aliphatic carbocycles. The van der Waals surface area contributed by atoms with Gasteiger partial charge in [-0.2, -0.15) is 0 Å². The molecule has 2 heteroatoms. The largest absolute Gasteiger partial charge is 0.292 e. The summed E-state index contributed by atoms with van der Waals surface area (Å²) in [6, 6.07) is 26.2. The lowest BCUT2D eigenvalue weighted by molar-refractivity contribution is 0.0955. The molecule has 1 aliphatic rings. The summed E-state index contributed by atoms with van der Waals surface area (Å²) >= 11 is 0. The number of carbonyl (C=O) groups excluding carboxylic acids is 1. The molecule has 0 aliphatic heterocycles. The molecular weight excluding hydrogens is 282 g/mol. The number of ketones is 1. The van der Waals surface area contributed by atoms with Crippen molar-refractivity contribution in [2.75, 3.05) is 0 Å². The monoisotopic (exact) mass is 299 g/mol. The van der Waals surface area contributed by atoms with E-state index in [4.69, 9.17) is 0 Å². The smallest absolute Gasteiger partial charge is 0.185 e. The number of aromatic nitrogens is 1. The molecule has 1 heterocycles. The zero-order chi connectivity index (χ0) is 15.7. The Morgan fingerprint density at radius 1 is 0.826 bits per heavy atom. The SMILES string of the molecule is O=C(c1ccccn1)[C@H]1CC1(c1ccccc1)c1ccccc1. The number of carbonyl (C=O) groups is 1. The van der Waals surface area contributed by atoms with E-state index in [9.17, 15) is 4.79 Å². The van der Waals surface area contributed by atoms with E-state index in [1.165, 1.54) is 11.1 Å². The molecule has 0 radical (unpaired) electrons. The van der Waals surface area contributed by atoms with Crippen LogP contribution in [-0.2, 0) is 5.41 Å². The van der Waals surface area contributed by atoms with E-state index in [1.807, 2.05) is 48.5 Å². The van der Waals surface area contributed by atoms with Crippen LogP contribution in [0.5, 0.6) is 0 Å². The van der Waals surface area contributed by atoms with Crippen molar-refractivity contribution >= 4 is 5.78 Å². The average molecular weight is 299 g/mol. The van der Waals surface area contributed by atoms with Crippen molar-refractivity contribution in [2.45, 2.75) is 11.8 Å². The van der Waals surface area contributed by atoms with E-state index < -0.39 is 0 Å². The van der Waals surface area contributed by atoms with Crippen LogP contribution in [-0.4, -0.2) is 10.8 Å². The Kier molecular flexibility index (Phi) is 3.30. The predicted molar refractivity (Wildman–Crippen MR) is 90.3 cm³/mol. The quantitative estimate of drug-likeness (QED) is 0.673. The standard InChI is InChI=1S/C21H17NO/c23-20(19-13-7-8-14-22-19)18-15-21(18,16-9-3-1-4-10-16)17-11-5-2-6-12-17/h1-14,18H,15H2/t18-/m1/s1. The van der Waals surface area contributed by atoms with Gasteiger partial charge in [-0.15, -0.1) is 0 Å². The summed E-state index contributed by atoms with van der Waals surface area (Å²) in [5.41, 5.74) is 2.77. The Morgan fingerprint density at radius 2 is 1.39 bits per heavy atom. The minimum Gasteiger partial charge on any atom is -0.292 e. The fraction of sp³-hybridized carbons (Fsp3) is 0.143. The van der Waals surface area contributed by atoms with Gasteiger partial charge in [0.25, 0.3) is 0 Å². The van der Waals surface area contributed by atoms with E-state index in [2.05, 4.69) is 29.2 Å². The maximum Gasteiger partial charge on any atom is 0.185 e. The summed E-state index contributed by atoms with van der Waals surface area (Å²) in [6.07, 6.45) is 2.53. The van der Waals surface area contributed by atoms with Crippen LogP contribution in [0, 0.1) is 5.92 Å². The summed E-state index contributed by atoms with van der Waals surface area (Å²) in [7, 11) is 0. The van der Waals surface area contributed by atoms with Gasteiger partial charge in [0.15, 0.2) is 5.78 Å². The van der Waals surface area contributed by atoms with Gasteiger partial charge >= 0.3 is 0 Å². The van der Waals surface area contributed by atoms with Crippen LogP contribution in [0.2, 0.25) is 0 Å². The van der Waals surface area contributed by atoms with Gasteiger partial charge in [0, 0.05) is 17.5 Å². The van der Waals surface area contributed by atoms with Crippen molar-refractivity contribution < 1.29 is 4.79 Å². The van der Waals surface area contributed by atoms with E-state index >= 15 is 0 Å². The Bertz CT molecular complexity index is 773. The second-order valence-electron chi connectivity index (χ2n) is 6.04. The van der Waals surface area contributed by atoms with Crippen LogP contribution in [0.1, 0.15) is 28.0 Å². The Balaban J connectivity index is 1.77. The zero-order valence-electron chi connectivity index (χ0n) is 12.7. The highest BCUT2D eigenvalue weighted by molar-refractivity contribution is 6.00. The minimum absolute atomic E-state index is 0.0396. The number of hydrogen-bond donors (Lipinski definition) is 0. The number of Topliss-reactive ketones (excluding diaryl/α,β-unsaturated/α-hetero) is 1. The van der Waals surface area contributed by atoms with E-state index in [1.54, 1.807) is 12.3 Å². The highest BCUT2D eigenvalue weighted by Gasteiger charge is 2.60. The maximum absolute atomic E-state index is 12.9. The molecule has 1 fully saturated rings. The maximum atomic E-state index is 12.9. The first-order valence-corrected chi connectivity index (χ1v) is 7.89. The highest BCUT2D eigenvalue weighted by Crippen LogP contribution is 2.59. The summed E-state index contributed by atoms with van der Waals surface area (Å²) in [5.74, 6) is 0.0977. The van der Waals surface area contributed by atoms with Crippen LogP contribution < -0.4 is 0 Å². The number of pyridine rings is 1. The van der Waals surface area contributed by atoms with E-state index in [0.29, 0.717) is 5.69 Å². The highest BCUT2D eigenvalue weighted by atomic mass is 16.1. The summed E-state index contributed by atoms with van der Waals surface area (Å²) < 4.78 is 0. The summed E-state index contributed by atoms with van der Waals surface area (Å²) in [4.78, 5) is 17.1. The van der Waals surface area contributed by atoms with Crippen LogP contribution in [0.15, 0.2) is 85.1 Å². The number of hydrogen-bond acceptors (Lipinski definition) is 2. The Morgan fingerprint density at radius 3 is 1.91 bits per heavy atom. The van der Waals surface area contributed by atoms with Gasteiger partial charge in [0.1, 0.15) is 5.69 Å². The van der Waals surface area contributed by atoms with Crippen molar-refractivity contribution in [3.63, 3.8) is 0 Å². The zero-order valence-corrected chi connectivity index (χ0v) is 12.7. The van der Waals surface area contributed by atoms with Gasteiger partial charge in [-0.3, -0.25) is 9.78 Å². The number of nitrogens with zero attached hydrogens (tertiary/aromatic N) is 1. The summed E-state index contributed by atoms with van der Waals surface area (Å²) in [6.45, 7) is 0. The van der Waals surface area contributed by atoms with Gasteiger partial charge in [-0.25, -0.2) is 0 Å². The fourth-order valence-corrected chi connectivity index (χ4v) is 3.54. The molecule has 0 amide bonds. The number of benzene rings is 2. The fourth-order valence-electron chi connectivity index (χ4n) is 3.54. The molecule has 112 valence electrons. The first-order chi connectivity index (χ1) is 11.3. The predicted octanol–water partition coefficient (Wildman–Crippen LogP) is 4.27. The van der Waals surface area contributed by atoms with Crippen molar-refractivity contribution in [3.8, 4) is 0 Å². The van der Waals surface area contributed by atoms with Crippen molar-refractivity contribution in [2.24, 2.45) is 5.92 Å². The average Bonchev–Trinajstić information content (AvgIpc) is 3.40. The first kappa shape index (κ1) is 13.9. The lowest BCUT2D eigenvalue weighted by Gasteiger charge is -2.18. The molecule has 1 saturated carbocycles. The molecule has 0 bridgehead atoms. The molecule has 2 nitrogen and oxygen atoms in total. The third-order valence-electron chi connectivity index (χ3n) is 4.77. The molecule has 2 aromatic carbocycles. The van der Waals surface area contributed by atoms with Crippen LogP contribution in [0.4, 0.5) is 0 Å². The molecule has 23 heavy (non-hydrogen) atoms. The molecule has 0 unspecified atom stereocenters. The lowest BCUT2D eigenvalue weighted by atomic mass is 9.84. The third kappa shape index (κ3) is 2.27. The van der Waals surface area contributed by atoms with Crippen molar-refractivity contribution in [3.05, 3.63) is 102 Å². The Hall–Kier alpha value is -2.74. The topological polar surface area (TPSA) is 30.0 Å². The van der Waals surface area contributed by atoms with E-state index in [0.717, 1.165) is 6.42 Å². The molecule has 0 saturated heterocycles. The first-order valence-electron chi connectivity index (χ1n) is 7.89. The molecular formula is C21H17NO. The van der Waals surface area contributed by atoms with Gasteiger partial charge in [-0.05, 0) is 29.7 Å². The van der Waals surface area contributed by atoms with Gasteiger partial charge < -0.3 is 0 Å². The molecule has 1 atom stereocenters. The normalized spacial score (nSPS) is 18.3. The van der Waals surface area contributed by atoms with E-state index in [-0.39, 0.29) is 17.1 Å². The second kappa shape index (κ2) is 5.47. The van der Waals surface area contributed by atoms with Gasteiger partial charge in [-0.1, -0.05) is 66.7 Å². The minimum atomic E-state index is -0.211. The van der Waals surface area contributed by atoms with Gasteiger partial charge in [0.05, 0.1) is 0 Å². The second-order valence-corrected chi connectivity index (χ2v) is 6.04. The van der Waals surface area contributed by atoms with Crippen molar-refractivity contribution in [1.82, 2.24) is 4.98 Å². The lowest BCUT2D eigenvalue weighted by Crippen LogP contribution is -2.18. The molecule has 0 spiro atoms. The third-order valence-corrected chi connectivity index (χ3v) is 4.77.